The van der Waals surface area contributed by atoms with Crippen molar-refractivity contribution < 1.29 is 24.5 Å². The molecule has 0 aromatic heterocycles. The van der Waals surface area contributed by atoms with Gasteiger partial charge in [0.2, 0.25) is 0 Å². The lowest BCUT2D eigenvalue weighted by Crippen LogP contribution is -2.78. The fourth-order valence-corrected chi connectivity index (χ4v) is 8.23. The smallest absolute Gasteiger partial charge is 0.261 e. The first kappa shape index (κ1) is 20.3. The Morgan fingerprint density at radius 2 is 1.74 bits per heavy atom. The molecule has 6 aliphatic rings. The zero-order valence-electron chi connectivity index (χ0n) is 19.4. The van der Waals surface area contributed by atoms with Crippen LogP contribution < -0.4 is 4.74 Å². The minimum absolute atomic E-state index is 0.0333. The molecule has 2 amide bonds. The summed E-state index contributed by atoms with van der Waals surface area (Å²) in [5.74, 6) is 0.632. The molecule has 8 rings (SSSR count). The number of imide groups is 1. The van der Waals surface area contributed by atoms with Crippen LogP contribution in [0.4, 0.5) is 0 Å². The van der Waals surface area contributed by atoms with Crippen molar-refractivity contribution in [1.82, 2.24) is 9.80 Å². The predicted molar refractivity (Wildman–Crippen MR) is 126 cm³/mol. The number of carbonyl (C=O) groups is 2. The maximum atomic E-state index is 13.5. The number of hydrogen-bond donors (Lipinski definition) is 2. The topological polar surface area (TPSA) is 90.3 Å². The normalized spacial score (nSPS) is 36.7. The third-order valence-corrected chi connectivity index (χ3v) is 9.89. The quantitative estimate of drug-likeness (QED) is 0.668. The highest BCUT2D eigenvalue weighted by Gasteiger charge is 2.74. The molecule has 2 aromatic rings. The fourth-order valence-electron chi connectivity index (χ4n) is 8.23. The molecule has 35 heavy (non-hydrogen) atoms. The minimum Gasteiger partial charge on any atom is -0.504 e. The van der Waals surface area contributed by atoms with Crippen molar-refractivity contribution >= 4 is 11.8 Å². The van der Waals surface area contributed by atoms with Crippen molar-refractivity contribution in [2.45, 2.75) is 67.7 Å². The van der Waals surface area contributed by atoms with E-state index in [2.05, 4.69) is 4.90 Å². The Kier molecular flexibility index (Phi) is 3.74. The lowest BCUT2D eigenvalue weighted by atomic mass is 9.48. The molecule has 0 radical (unpaired) electrons. The van der Waals surface area contributed by atoms with Crippen LogP contribution >= 0.6 is 0 Å². The molecule has 180 valence electrons. The molecule has 3 fully saturated rings. The van der Waals surface area contributed by atoms with Crippen LogP contribution in [0.3, 0.4) is 0 Å². The van der Waals surface area contributed by atoms with Crippen molar-refractivity contribution in [3.05, 3.63) is 58.7 Å². The minimum atomic E-state index is -1.04. The van der Waals surface area contributed by atoms with Crippen LogP contribution in [0.15, 0.2) is 36.4 Å². The summed E-state index contributed by atoms with van der Waals surface area (Å²) in [6, 6.07) is 10.1. The number of piperidine rings is 1. The average Bonchev–Trinajstić information content (AvgIpc) is 3.54. The summed E-state index contributed by atoms with van der Waals surface area (Å²) in [4.78, 5) is 30.8. The standard InChI is InChI=1S/C28H28N2O5/c31-20-8-7-16-13-21-28(34)10-9-19(30-25(32)17-3-1-2-4-18(17)26(30)33)24-27(28,22(16)23(20)35-24)11-12-29(21)14-15-5-6-15/h1-4,7-8,15,19,21,24,31,34H,5-6,9-14H2/t19-,21-,24+,27+,28-/m1/s1. The monoisotopic (exact) mass is 472 g/mol. The van der Waals surface area contributed by atoms with E-state index in [1.54, 1.807) is 30.3 Å². The summed E-state index contributed by atoms with van der Waals surface area (Å²) in [6.45, 7) is 1.85. The summed E-state index contributed by atoms with van der Waals surface area (Å²) in [6.07, 6.45) is 4.31. The van der Waals surface area contributed by atoms with Gasteiger partial charge in [-0.1, -0.05) is 18.2 Å². The summed E-state index contributed by atoms with van der Waals surface area (Å²) in [7, 11) is 0. The molecule has 7 nitrogen and oxygen atoms in total. The van der Waals surface area contributed by atoms with Crippen LogP contribution in [-0.4, -0.2) is 68.7 Å². The lowest BCUT2D eigenvalue weighted by Gasteiger charge is -2.64. The van der Waals surface area contributed by atoms with Gasteiger partial charge in [-0.25, -0.2) is 0 Å². The highest BCUT2D eigenvalue weighted by atomic mass is 16.5. The second-order valence-corrected chi connectivity index (χ2v) is 11.4. The Hall–Kier alpha value is -2.90. The molecule has 0 unspecified atom stereocenters. The number of amides is 2. The molecule has 2 bridgehead atoms. The van der Waals surface area contributed by atoms with Crippen LogP contribution in [0.25, 0.3) is 0 Å². The van der Waals surface area contributed by atoms with Crippen molar-refractivity contribution in [1.29, 1.82) is 0 Å². The van der Waals surface area contributed by atoms with E-state index in [-0.39, 0.29) is 23.6 Å². The Labute approximate surface area is 203 Å². The van der Waals surface area contributed by atoms with E-state index in [1.165, 1.54) is 17.7 Å². The number of hydrogen-bond acceptors (Lipinski definition) is 6. The van der Waals surface area contributed by atoms with Crippen molar-refractivity contribution in [3.63, 3.8) is 0 Å². The van der Waals surface area contributed by atoms with Crippen molar-refractivity contribution in [3.8, 4) is 11.5 Å². The highest BCUT2D eigenvalue weighted by molar-refractivity contribution is 6.21. The molecule has 2 aromatic carbocycles. The Morgan fingerprint density at radius 3 is 2.46 bits per heavy atom. The summed E-state index contributed by atoms with van der Waals surface area (Å²) in [5.41, 5.74) is 1.09. The molecule has 1 saturated heterocycles. The molecule has 7 heteroatoms. The Bertz CT molecular complexity index is 1290. The van der Waals surface area contributed by atoms with Gasteiger partial charge < -0.3 is 14.9 Å². The van der Waals surface area contributed by atoms with E-state index in [9.17, 15) is 19.8 Å². The molecule has 2 N–H and O–H groups in total. The van der Waals surface area contributed by atoms with Crippen LogP contribution in [0.2, 0.25) is 0 Å². The average molecular weight is 473 g/mol. The molecule has 3 aliphatic heterocycles. The summed E-state index contributed by atoms with van der Waals surface area (Å²) < 4.78 is 6.55. The fraction of sp³-hybridized carbons (Fsp3) is 0.500. The second-order valence-electron chi connectivity index (χ2n) is 11.4. The van der Waals surface area contributed by atoms with Gasteiger partial charge in [0.1, 0.15) is 6.10 Å². The van der Waals surface area contributed by atoms with Crippen molar-refractivity contribution in [2.24, 2.45) is 5.92 Å². The van der Waals surface area contributed by atoms with Crippen LogP contribution in [0.1, 0.15) is 63.9 Å². The van der Waals surface area contributed by atoms with Gasteiger partial charge in [0, 0.05) is 18.2 Å². The van der Waals surface area contributed by atoms with Gasteiger partial charge in [-0.15, -0.1) is 0 Å². The largest absolute Gasteiger partial charge is 0.504 e. The first-order chi connectivity index (χ1) is 16.9. The summed E-state index contributed by atoms with van der Waals surface area (Å²) >= 11 is 0. The van der Waals surface area contributed by atoms with Gasteiger partial charge in [0.05, 0.1) is 28.2 Å². The number of aromatic hydroxyl groups is 1. The number of phenols is 1. The van der Waals surface area contributed by atoms with E-state index in [4.69, 9.17) is 4.74 Å². The number of rotatable bonds is 3. The van der Waals surface area contributed by atoms with Crippen molar-refractivity contribution in [2.75, 3.05) is 13.1 Å². The third kappa shape index (κ3) is 2.30. The SMILES string of the molecule is O=C1c2ccccc2C(=O)N1[C@@H]1CC[C@@]2(O)[C@H]3Cc4ccc(O)c5c4[C@@]2(CCN3CC2CC2)[C@H]1O5. The number of fused-ring (bicyclic) bond motifs is 1. The van der Waals surface area contributed by atoms with E-state index < -0.39 is 23.2 Å². The Balaban J connectivity index is 1.28. The lowest BCUT2D eigenvalue weighted by molar-refractivity contribution is -0.196. The molecule has 1 spiro atoms. The van der Waals surface area contributed by atoms with Gasteiger partial charge in [-0.3, -0.25) is 19.4 Å². The molecule has 2 saturated carbocycles. The van der Waals surface area contributed by atoms with E-state index in [1.807, 2.05) is 6.07 Å². The number of likely N-dealkylation sites (tertiary alicyclic amines) is 1. The second kappa shape index (κ2) is 6.45. The molecule has 5 atom stereocenters. The number of ether oxygens (including phenoxy) is 1. The molecular formula is C28H28N2O5. The van der Waals surface area contributed by atoms with E-state index in [0.717, 1.165) is 36.6 Å². The highest BCUT2D eigenvalue weighted by Crippen LogP contribution is 2.66. The first-order valence-corrected chi connectivity index (χ1v) is 12.9. The van der Waals surface area contributed by atoms with Gasteiger partial charge >= 0.3 is 0 Å². The third-order valence-electron chi connectivity index (χ3n) is 9.89. The maximum Gasteiger partial charge on any atom is 0.261 e. The zero-order valence-corrected chi connectivity index (χ0v) is 19.4. The molecule has 3 aliphatic carbocycles. The number of aliphatic hydroxyl groups is 1. The number of benzene rings is 2. The molecular weight excluding hydrogens is 444 g/mol. The molecule has 3 heterocycles. The predicted octanol–water partition coefficient (Wildman–Crippen LogP) is 2.62. The first-order valence-electron chi connectivity index (χ1n) is 12.9. The number of nitrogens with zero attached hydrogens (tertiary/aromatic N) is 2. The number of phenolic OH excluding ortho intramolecular Hbond substituents is 1. The number of carbonyl (C=O) groups excluding carboxylic acids is 2. The van der Waals surface area contributed by atoms with Crippen LogP contribution in [0, 0.1) is 5.92 Å². The zero-order chi connectivity index (χ0) is 23.7. The summed E-state index contributed by atoms with van der Waals surface area (Å²) in [5, 5.41) is 23.4. The van der Waals surface area contributed by atoms with E-state index >= 15 is 0 Å². The van der Waals surface area contributed by atoms with Crippen LogP contribution in [-0.2, 0) is 11.8 Å². The Morgan fingerprint density at radius 1 is 1.00 bits per heavy atom. The van der Waals surface area contributed by atoms with E-state index in [0.29, 0.717) is 36.1 Å². The van der Waals surface area contributed by atoms with Gasteiger partial charge in [-0.05, 0) is 74.8 Å². The van der Waals surface area contributed by atoms with Gasteiger partial charge in [0.15, 0.2) is 11.5 Å². The van der Waals surface area contributed by atoms with Crippen LogP contribution in [0.5, 0.6) is 11.5 Å². The van der Waals surface area contributed by atoms with Gasteiger partial charge in [0.25, 0.3) is 11.8 Å². The van der Waals surface area contributed by atoms with Gasteiger partial charge in [-0.2, -0.15) is 0 Å². The maximum absolute atomic E-state index is 13.5.